The van der Waals surface area contributed by atoms with Crippen LogP contribution in [0, 0.1) is 5.41 Å². The molecule has 22 heavy (non-hydrogen) atoms. The van der Waals surface area contributed by atoms with Crippen molar-refractivity contribution in [3.63, 3.8) is 0 Å². The van der Waals surface area contributed by atoms with Gasteiger partial charge in [0.15, 0.2) is 0 Å². The number of nitrogens with one attached hydrogen (secondary N) is 1. The molecule has 0 aliphatic rings. The molecule has 2 aromatic rings. The summed E-state index contributed by atoms with van der Waals surface area (Å²) in [5, 5.41) is 7.39. The lowest BCUT2D eigenvalue weighted by Gasteiger charge is -2.07. The molecule has 2 rings (SSSR count). The molecule has 0 bridgehead atoms. The van der Waals surface area contributed by atoms with E-state index in [-0.39, 0.29) is 18.2 Å². The van der Waals surface area contributed by atoms with Crippen LogP contribution in [0.2, 0.25) is 0 Å². The number of ether oxygens (including phenoxy) is 1. The summed E-state index contributed by atoms with van der Waals surface area (Å²) in [5.41, 5.74) is 8.44. The summed E-state index contributed by atoms with van der Waals surface area (Å²) in [6, 6.07) is 15.8. The summed E-state index contributed by atoms with van der Waals surface area (Å²) in [5.74, 6) is 1.01. The topological polar surface area (TPSA) is 59.1 Å². The first-order valence-electron chi connectivity index (χ1n) is 7.38. The van der Waals surface area contributed by atoms with Crippen LogP contribution in [0.4, 0.5) is 0 Å². The van der Waals surface area contributed by atoms with Crippen LogP contribution in [-0.4, -0.2) is 12.4 Å². The lowest BCUT2D eigenvalue weighted by molar-refractivity contribution is 0.306. The second-order valence-electron chi connectivity index (χ2n) is 5.07. The first-order valence-corrected chi connectivity index (χ1v) is 7.38. The Morgan fingerprint density at radius 1 is 0.955 bits per heavy atom. The van der Waals surface area contributed by atoms with E-state index in [0.29, 0.717) is 0 Å². The molecule has 3 N–H and O–H groups in total. The van der Waals surface area contributed by atoms with Crippen molar-refractivity contribution in [1.29, 1.82) is 5.41 Å². The van der Waals surface area contributed by atoms with E-state index < -0.39 is 0 Å². The second kappa shape index (κ2) is 9.11. The Morgan fingerprint density at radius 3 is 2.00 bits per heavy atom. The molecule has 0 atom stereocenters. The summed E-state index contributed by atoms with van der Waals surface area (Å²) in [4.78, 5) is 0. The van der Waals surface area contributed by atoms with E-state index in [1.807, 2.05) is 36.4 Å². The number of amidine groups is 1. The van der Waals surface area contributed by atoms with Crippen molar-refractivity contribution in [2.45, 2.75) is 26.2 Å². The van der Waals surface area contributed by atoms with E-state index in [2.05, 4.69) is 19.1 Å². The molecule has 0 aliphatic heterocycles. The summed E-state index contributed by atoms with van der Waals surface area (Å²) in [6.45, 7) is 2.96. The SMILES string of the molecule is CCCCCOc1ccc(-c2ccc(C(=N)N)cc2)cc1.Cl. The number of hydrogen-bond acceptors (Lipinski definition) is 2. The van der Waals surface area contributed by atoms with Gasteiger partial charge in [0.2, 0.25) is 0 Å². The first-order chi connectivity index (χ1) is 10.2. The third-order valence-corrected chi connectivity index (χ3v) is 3.40. The van der Waals surface area contributed by atoms with Crippen molar-refractivity contribution in [3.05, 3.63) is 54.1 Å². The zero-order valence-electron chi connectivity index (χ0n) is 12.8. The van der Waals surface area contributed by atoms with Crippen LogP contribution in [0.1, 0.15) is 31.7 Å². The van der Waals surface area contributed by atoms with Crippen molar-refractivity contribution in [1.82, 2.24) is 0 Å². The highest BCUT2D eigenvalue weighted by atomic mass is 35.5. The van der Waals surface area contributed by atoms with Crippen LogP contribution in [0.15, 0.2) is 48.5 Å². The van der Waals surface area contributed by atoms with Gasteiger partial charge in [0.1, 0.15) is 11.6 Å². The smallest absolute Gasteiger partial charge is 0.122 e. The number of rotatable bonds is 7. The maximum Gasteiger partial charge on any atom is 0.122 e. The fourth-order valence-electron chi connectivity index (χ4n) is 2.13. The first kappa shape index (κ1) is 18.1. The van der Waals surface area contributed by atoms with Gasteiger partial charge < -0.3 is 10.5 Å². The van der Waals surface area contributed by atoms with E-state index in [1.54, 1.807) is 0 Å². The molecule has 0 heterocycles. The average Bonchev–Trinajstić information content (AvgIpc) is 2.52. The van der Waals surface area contributed by atoms with Crippen LogP contribution in [0.25, 0.3) is 11.1 Å². The number of nitrogen functional groups attached to an aromatic ring is 1. The van der Waals surface area contributed by atoms with Crippen LogP contribution < -0.4 is 10.5 Å². The van der Waals surface area contributed by atoms with Crippen LogP contribution in [0.5, 0.6) is 5.75 Å². The standard InChI is InChI=1S/C18H22N2O.ClH/c1-2-3-4-13-21-17-11-9-15(10-12-17)14-5-7-16(8-6-14)18(19)20;/h5-12H,2-4,13H2,1H3,(H3,19,20);1H. The quantitative estimate of drug-likeness (QED) is 0.444. The van der Waals surface area contributed by atoms with Crippen molar-refractivity contribution in [2.75, 3.05) is 6.61 Å². The largest absolute Gasteiger partial charge is 0.494 e. The minimum absolute atomic E-state index is 0. The highest BCUT2D eigenvalue weighted by molar-refractivity contribution is 5.95. The Morgan fingerprint density at radius 2 is 1.50 bits per heavy atom. The Labute approximate surface area is 138 Å². The number of unbranched alkanes of at least 4 members (excludes halogenated alkanes) is 2. The maximum absolute atomic E-state index is 7.39. The molecule has 0 amide bonds. The predicted octanol–water partition coefficient (Wildman–Crippen LogP) is 4.63. The molecule has 0 saturated carbocycles. The lowest BCUT2D eigenvalue weighted by Crippen LogP contribution is -2.10. The van der Waals surface area contributed by atoms with Crippen molar-refractivity contribution >= 4 is 18.2 Å². The van der Waals surface area contributed by atoms with E-state index in [4.69, 9.17) is 15.9 Å². The molecule has 0 aliphatic carbocycles. The maximum atomic E-state index is 7.39. The van der Waals surface area contributed by atoms with Gasteiger partial charge in [-0.25, -0.2) is 0 Å². The molecule has 4 heteroatoms. The number of nitrogens with two attached hydrogens (primary N) is 1. The molecule has 0 unspecified atom stereocenters. The lowest BCUT2D eigenvalue weighted by atomic mass is 10.0. The molecular weight excluding hydrogens is 296 g/mol. The Bertz CT molecular complexity index is 579. The summed E-state index contributed by atoms with van der Waals surface area (Å²) in [6.07, 6.45) is 3.52. The van der Waals surface area contributed by atoms with E-state index >= 15 is 0 Å². The molecule has 3 nitrogen and oxygen atoms in total. The van der Waals surface area contributed by atoms with Crippen LogP contribution >= 0.6 is 12.4 Å². The molecule has 0 radical (unpaired) electrons. The minimum Gasteiger partial charge on any atom is -0.494 e. The third kappa shape index (κ3) is 5.08. The van der Waals surface area contributed by atoms with Gasteiger partial charge in [0, 0.05) is 5.56 Å². The Balaban J connectivity index is 0.00000242. The van der Waals surface area contributed by atoms with Crippen molar-refractivity contribution < 1.29 is 4.74 Å². The number of hydrogen-bond donors (Lipinski definition) is 2. The van der Waals surface area contributed by atoms with E-state index in [0.717, 1.165) is 35.5 Å². The number of benzene rings is 2. The van der Waals surface area contributed by atoms with Crippen molar-refractivity contribution in [2.24, 2.45) is 5.73 Å². The molecule has 0 saturated heterocycles. The average molecular weight is 319 g/mol. The normalized spacial score (nSPS) is 9.86. The van der Waals surface area contributed by atoms with Crippen molar-refractivity contribution in [3.8, 4) is 16.9 Å². The van der Waals surface area contributed by atoms with Crippen LogP contribution in [-0.2, 0) is 0 Å². The van der Waals surface area contributed by atoms with Gasteiger partial charge in [0.05, 0.1) is 6.61 Å². The number of halogens is 1. The van der Waals surface area contributed by atoms with Gasteiger partial charge in [-0.15, -0.1) is 12.4 Å². The fourth-order valence-corrected chi connectivity index (χ4v) is 2.13. The highest BCUT2D eigenvalue weighted by Gasteiger charge is 2.01. The molecule has 0 spiro atoms. The molecule has 118 valence electrons. The fraction of sp³-hybridized carbons (Fsp3) is 0.278. The molecular formula is C18H23ClN2O. The van der Waals surface area contributed by atoms with Gasteiger partial charge in [0.25, 0.3) is 0 Å². The monoisotopic (exact) mass is 318 g/mol. The predicted molar refractivity (Wildman–Crippen MR) is 95.2 cm³/mol. The summed E-state index contributed by atoms with van der Waals surface area (Å²) >= 11 is 0. The third-order valence-electron chi connectivity index (χ3n) is 3.40. The molecule has 0 fully saturated rings. The zero-order valence-corrected chi connectivity index (χ0v) is 13.7. The molecule has 2 aromatic carbocycles. The van der Waals surface area contributed by atoms with Gasteiger partial charge in [-0.2, -0.15) is 0 Å². The van der Waals surface area contributed by atoms with E-state index in [1.165, 1.54) is 12.8 Å². The summed E-state index contributed by atoms with van der Waals surface area (Å²) < 4.78 is 5.70. The highest BCUT2D eigenvalue weighted by Crippen LogP contribution is 2.23. The second-order valence-corrected chi connectivity index (χ2v) is 5.07. The van der Waals surface area contributed by atoms with Crippen LogP contribution in [0.3, 0.4) is 0 Å². The van der Waals surface area contributed by atoms with Gasteiger partial charge in [-0.3, -0.25) is 5.41 Å². The Kier molecular flexibility index (Phi) is 7.47. The van der Waals surface area contributed by atoms with Gasteiger partial charge in [-0.05, 0) is 29.7 Å². The Hall–Kier alpha value is -2.00. The zero-order chi connectivity index (χ0) is 15.1. The van der Waals surface area contributed by atoms with Gasteiger partial charge in [-0.1, -0.05) is 56.2 Å². The van der Waals surface area contributed by atoms with Gasteiger partial charge >= 0.3 is 0 Å². The van der Waals surface area contributed by atoms with E-state index in [9.17, 15) is 0 Å². The molecule has 0 aromatic heterocycles. The summed E-state index contributed by atoms with van der Waals surface area (Å²) in [7, 11) is 0. The minimum atomic E-state index is 0.